The van der Waals surface area contributed by atoms with Crippen molar-refractivity contribution in [3.63, 3.8) is 0 Å². The number of hydrogen-bond donors (Lipinski definition) is 3. The second-order valence-corrected chi connectivity index (χ2v) is 9.27. The number of rotatable bonds is 6. The topological polar surface area (TPSA) is 107 Å². The monoisotopic (exact) mass is 470 g/mol. The number of nitrogens with one attached hydrogen (secondary N) is 2. The van der Waals surface area contributed by atoms with Crippen LogP contribution in [0.3, 0.4) is 0 Å². The van der Waals surface area contributed by atoms with Crippen LogP contribution in [0.1, 0.15) is 45.0 Å². The van der Waals surface area contributed by atoms with Gasteiger partial charge >= 0.3 is 6.03 Å². The number of amides is 2. The van der Waals surface area contributed by atoms with Crippen molar-refractivity contribution in [2.75, 3.05) is 11.1 Å². The Labute approximate surface area is 204 Å². The van der Waals surface area contributed by atoms with E-state index in [1.807, 2.05) is 63.2 Å². The van der Waals surface area contributed by atoms with E-state index in [0.717, 1.165) is 46.4 Å². The van der Waals surface area contributed by atoms with E-state index in [9.17, 15) is 4.79 Å². The predicted octanol–water partition coefficient (Wildman–Crippen LogP) is 6.04. The molecule has 180 valence electrons. The zero-order valence-electron chi connectivity index (χ0n) is 20.2. The summed E-state index contributed by atoms with van der Waals surface area (Å²) in [6.45, 7) is 5.69. The lowest BCUT2D eigenvalue weighted by atomic mass is 9.92. The van der Waals surface area contributed by atoms with Crippen molar-refractivity contribution in [1.29, 1.82) is 0 Å². The van der Waals surface area contributed by atoms with Crippen molar-refractivity contribution in [2.24, 2.45) is 0 Å². The van der Waals surface area contributed by atoms with Crippen molar-refractivity contribution >= 4 is 28.3 Å². The molecule has 2 heterocycles. The summed E-state index contributed by atoms with van der Waals surface area (Å²) < 4.78 is 8.38. The number of nitrogens with zero attached hydrogens (tertiary/aromatic N) is 3. The number of aryl methyl sites for hydroxylation is 1. The Morgan fingerprint density at radius 2 is 1.91 bits per heavy atom. The number of carbonyl (C=O) groups is 1. The molecule has 0 spiro atoms. The minimum Gasteiger partial charge on any atom is -0.439 e. The van der Waals surface area contributed by atoms with Gasteiger partial charge in [-0.1, -0.05) is 12.1 Å². The number of hydrogen-bond acceptors (Lipinski definition) is 5. The number of anilines is 2. The Bertz CT molecular complexity index is 1370. The van der Waals surface area contributed by atoms with Gasteiger partial charge in [-0.3, -0.25) is 0 Å². The smallest absolute Gasteiger partial charge is 0.319 e. The molecule has 0 aliphatic heterocycles. The molecule has 4 N–H and O–H groups in total. The molecule has 5 rings (SSSR count). The molecule has 0 atom stereocenters. The summed E-state index contributed by atoms with van der Waals surface area (Å²) in [6.07, 6.45) is 5.12. The minimum absolute atomic E-state index is 0.0690. The van der Waals surface area contributed by atoms with Crippen molar-refractivity contribution in [1.82, 2.24) is 19.9 Å². The van der Waals surface area contributed by atoms with E-state index in [4.69, 9.17) is 10.5 Å². The highest BCUT2D eigenvalue weighted by molar-refractivity contribution is 6.02. The maximum atomic E-state index is 12.1. The van der Waals surface area contributed by atoms with Crippen molar-refractivity contribution < 1.29 is 9.53 Å². The summed E-state index contributed by atoms with van der Waals surface area (Å²) in [5.41, 5.74) is 11.2. The van der Waals surface area contributed by atoms with Crippen LogP contribution in [0.5, 0.6) is 11.6 Å². The first-order valence-electron chi connectivity index (χ1n) is 12.0. The Kier molecular flexibility index (Phi) is 6.03. The summed E-state index contributed by atoms with van der Waals surface area (Å²) in [7, 11) is 0. The van der Waals surface area contributed by atoms with Crippen LogP contribution in [0.4, 0.5) is 16.2 Å². The van der Waals surface area contributed by atoms with Gasteiger partial charge in [-0.2, -0.15) is 4.98 Å². The fraction of sp³-hybridized carbons (Fsp3) is 0.296. The summed E-state index contributed by atoms with van der Waals surface area (Å²) in [5, 5.41) is 6.70. The van der Waals surface area contributed by atoms with E-state index in [-0.39, 0.29) is 12.1 Å². The van der Waals surface area contributed by atoms with Gasteiger partial charge in [0.15, 0.2) is 0 Å². The summed E-state index contributed by atoms with van der Waals surface area (Å²) in [6, 6.07) is 15.8. The average molecular weight is 471 g/mol. The number of urea groups is 1. The van der Waals surface area contributed by atoms with Gasteiger partial charge in [-0.05, 0) is 64.3 Å². The van der Waals surface area contributed by atoms with Crippen molar-refractivity contribution in [3.8, 4) is 22.9 Å². The summed E-state index contributed by atoms with van der Waals surface area (Å²) in [5.74, 6) is 1.87. The van der Waals surface area contributed by atoms with Gasteiger partial charge in [0.1, 0.15) is 11.6 Å². The Balaban J connectivity index is 1.51. The number of aromatic nitrogens is 3. The van der Waals surface area contributed by atoms with E-state index in [1.165, 1.54) is 6.42 Å². The lowest BCUT2D eigenvalue weighted by molar-refractivity contribution is 0.250. The molecular formula is C27H30N6O2. The third-order valence-corrected chi connectivity index (χ3v) is 6.26. The van der Waals surface area contributed by atoms with Crippen LogP contribution in [0.15, 0.2) is 54.7 Å². The largest absolute Gasteiger partial charge is 0.439 e. The van der Waals surface area contributed by atoms with Crippen LogP contribution in [-0.4, -0.2) is 26.6 Å². The van der Waals surface area contributed by atoms with E-state index in [2.05, 4.69) is 25.2 Å². The maximum absolute atomic E-state index is 12.1. The van der Waals surface area contributed by atoms with Gasteiger partial charge in [0.25, 0.3) is 0 Å². The molecule has 8 nitrogen and oxygen atoms in total. The van der Waals surface area contributed by atoms with Crippen molar-refractivity contribution in [3.05, 3.63) is 60.6 Å². The quantitative estimate of drug-likeness (QED) is 0.319. The van der Waals surface area contributed by atoms with E-state index in [0.29, 0.717) is 23.5 Å². The molecule has 1 aliphatic rings. The molecule has 2 amide bonds. The second-order valence-electron chi connectivity index (χ2n) is 9.27. The SMILES string of the molecule is Cc1nccc(Oc2ccc3c(N)c(-c4ccc(NC(=O)NC(C)C)cc4)n(C4CCC4)c3c2)n1. The molecule has 8 heteroatoms. The van der Waals surface area contributed by atoms with Gasteiger partial charge in [-0.15, -0.1) is 0 Å². The van der Waals surface area contributed by atoms with Gasteiger partial charge in [0, 0.05) is 47.1 Å². The zero-order chi connectivity index (χ0) is 24.5. The number of carbonyl (C=O) groups excluding carboxylic acids is 1. The molecule has 2 aromatic heterocycles. The number of nitrogens with two attached hydrogens (primary N) is 1. The van der Waals surface area contributed by atoms with Gasteiger partial charge in [0.2, 0.25) is 5.88 Å². The summed E-state index contributed by atoms with van der Waals surface area (Å²) in [4.78, 5) is 20.5. The van der Waals surface area contributed by atoms with Crippen LogP contribution in [0.25, 0.3) is 22.2 Å². The molecule has 0 unspecified atom stereocenters. The van der Waals surface area contributed by atoms with Crippen LogP contribution < -0.4 is 21.1 Å². The molecule has 2 aromatic carbocycles. The third-order valence-electron chi connectivity index (χ3n) is 6.26. The van der Waals surface area contributed by atoms with Crippen LogP contribution in [0, 0.1) is 6.92 Å². The predicted molar refractivity (Wildman–Crippen MR) is 139 cm³/mol. The summed E-state index contributed by atoms with van der Waals surface area (Å²) >= 11 is 0. The zero-order valence-corrected chi connectivity index (χ0v) is 20.2. The molecular weight excluding hydrogens is 440 g/mol. The van der Waals surface area contributed by atoms with Gasteiger partial charge in [0.05, 0.1) is 16.9 Å². The normalized spacial score (nSPS) is 13.6. The highest BCUT2D eigenvalue weighted by atomic mass is 16.5. The van der Waals surface area contributed by atoms with Gasteiger partial charge in [-0.25, -0.2) is 9.78 Å². The highest BCUT2D eigenvalue weighted by Gasteiger charge is 2.27. The molecule has 1 fully saturated rings. The standard InChI is InChI=1S/C27H30N6O2/c1-16(2)30-27(34)32-19-9-7-18(8-10-19)26-25(28)22-12-11-21(35-24-13-14-29-17(3)31-24)15-23(22)33(26)20-5-4-6-20/h7-16,20H,4-6,28H2,1-3H3,(H2,30,32,34). The number of ether oxygens (including phenoxy) is 1. The molecule has 0 saturated heterocycles. The van der Waals surface area contributed by atoms with Crippen molar-refractivity contribution in [2.45, 2.75) is 52.1 Å². The number of benzene rings is 2. The lowest BCUT2D eigenvalue weighted by Gasteiger charge is -2.30. The molecule has 1 saturated carbocycles. The Morgan fingerprint density at radius 1 is 1.14 bits per heavy atom. The number of nitrogen functional groups attached to an aromatic ring is 1. The molecule has 0 bridgehead atoms. The molecule has 1 aliphatic carbocycles. The minimum atomic E-state index is -0.220. The van der Waals surface area contributed by atoms with Crippen LogP contribution in [-0.2, 0) is 0 Å². The molecule has 4 aromatic rings. The lowest BCUT2D eigenvalue weighted by Crippen LogP contribution is -2.34. The highest BCUT2D eigenvalue weighted by Crippen LogP contribution is 2.45. The number of fused-ring (bicyclic) bond motifs is 1. The fourth-order valence-corrected chi connectivity index (χ4v) is 4.45. The van der Waals surface area contributed by atoms with E-state index < -0.39 is 0 Å². The van der Waals surface area contributed by atoms with Crippen LogP contribution >= 0.6 is 0 Å². The molecule has 0 radical (unpaired) electrons. The molecule has 35 heavy (non-hydrogen) atoms. The second kappa shape index (κ2) is 9.29. The van der Waals surface area contributed by atoms with Crippen LogP contribution in [0.2, 0.25) is 0 Å². The Morgan fingerprint density at radius 3 is 2.57 bits per heavy atom. The first-order chi connectivity index (χ1) is 16.9. The first-order valence-corrected chi connectivity index (χ1v) is 12.0. The maximum Gasteiger partial charge on any atom is 0.319 e. The van der Waals surface area contributed by atoms with E-state index in [1.54, 1.807) is 12.3 Å². The Hall–Kier alpha value is -4.07. The fourth-order valence-electron chi connectivity index (χ4n) is 4.45. The van der Waals surface area contributed by atoms with E-state index >= 15 is 0 Å². The average Bonchev–Trinajstić information content (AvgIpc) is 3.04. The third kappa shape index (κ3) is 4.64. The van der Waals surface area contributed by atoms with Gasteiger partial charge < -0.3 is 25.7 Å². The first kappa shape index (κ1) is 22.7.